The van der Waals surface area contributed by atoms with Crippen molar-refractivity contribution < 1.29 is 4.74 Å². The number of hydrogen-bond donors (Lipinski definition) is 2. The number of nitrogens with two attached hydrogens (primary N) is 2. The second-order valence-corrected chi connectivity index (χ2v) is 3.83. The summed E-state index contributed by atoms with van der Waals surface area (Å²) in [6, 6.07) is 10.5. The van der Waals surface area contributed by atoms with Crippen LogP contribution in [0.1, 0.15) is 0 Å². The van der Waals surface area contributed by atoms with Crippen molar-refractivity contribution in [1.82, 2.24) is 0 Å². The van der Waals surface area contributed by atoms with Gasteiger partial charge in [-0.05, 0) is 29.8 Å². The van der Waals surface area contributed by atoms with Crippen LogP contribution in [0.25, 0.3) is 16.1 Å². The lowest BCUT2D eigenvalue weighted by atomic mass is 10.0. The summed E-state index contributed by atoms with van der Waals surface area (Å²) in [6.07, 6.45) is 0. The van der Waals surface area contributed by atoms with Crippen LogP contribution in [0.2, 0.25) is 0 Å². The van der Waals surface area contributed by atoms with Crippen molar-refractivity contribution in [2.24, 2.45) is 0 Å². The monoisotopic (exact) mass is 241 g/mol. The summed E-state index contributed by atoms with van der Waals surface area (Å²) in [5.74, 6) is 0.577. The minimum atomic E-state index is 0.404. The van der Waals surface area contributed by atoms with E-state index in [0.29, 0.717) is 22.8 Å². The van der Waals surface area contributed by atoms with Gasteiger partial charge >= 0.3 is 5.69 Å². The lowest BCUT2D eigenvalue weighted by molar-refractivity contribution is 0.417. The summed E-state index contributed by atoms with van der Waals surface area (Å²) in [5, 5.41) is 9.00. The zero-order valence-electron chi connectivity index (χ0n) is 9.92. The summed E-state index contributed by atoms with van der Waals surface area (Å²) >= 11 is 0. The van der Waals surface area contributed by atoms with Gasteiger partial charge in [0.15, 0.2) is 4.98 Å². The fraction of sp³-hybridized carbons (Fsp3) is 0.0769. The highest BCUT2D eigenvalue weighted by Gasteiger charge is 2.16. The molecule has 0 aromatic heterocycles. The molecular formula is C13H13N4O+. The molecule has 0 aliphatic rings. The maximum Gasteiger partial charge on any atom is 0.394 e. The highest BCUT2D eigenvalue weighted by atomic mass is 16.5. The van der Waals surface area contributed by atoms with Gasteiger partial charge in [-0.15, -0.1) is 0 Å². The van der Waals surface area contributed by atoms with Crippen LogP contribution in [0.3, 0.4) is 0 Å². The Morgan fingerprint density at radius 1 is 1.11 bits per heavy atom. The van der Waals surface area contributed by atoms with Gasteiger partial charge in [0.05, 0.1) is 24.4 Å². The molecule has 0 aliphatic heterocycles. The number of nitrogens with zero attached hydrogens (tertiary/aromatic N) is 2. The lowest BCUT2D eigenvalue weighted by Crippen LogP contribution is -1.92. The molecule has 0 radical (unpaired) electrons. The molecule has 0 amide bonds. The Morgan fingerprint density at radius 2 is 1.89 bits per heavy atom. The predicted molar refractivity (Wildman–Crippen MR) is 72.0 cm³/mol. The Kier molecular flexibility index (Phi) is 3.02. The predicted octanol–water partition coefficient (Wildman–Crippen LogP) is 3.01. The van der Waals surface area contributed by atoms with Gasteiger partial charge in [-0.25, -0.2) is 0 Å². The van der Waals surface area contributed by atoms with Crippen molar-refractivity contribution in [1.29, 1.82) is 5.39 Å². The summed E-state index contributed by atoms with van der Waals surface area (Å²) in [7, 11) is 1.55. The van der Waals surface area contributed by atoms with Crippen LogP contribution >= 0.6 is 0 Å². The van der Waals surface area contributed by atoms with Gasteiger partial charge in [-0.3, -0.25) is 0 Å². The van der Waals surface area contributed by atoms with E-state index in [2.05, 4.69) is 4.98 Å². The molecule has 0 aliphatic carbocycles. The second kappa shape index (κ2) is 4.63. The third-order valence-corrected chi connectivity index (χ3v) is 2.67. The summed E-state index contributed by atoms with van der Waals surface area (Å²) in [6.45, 7) is 0. The first kappa shape index (κ1) is 11.7. The van der Waals surface area contributed by atoms with Crippen molar-refractivity contribution >= 4 is 17.1 Å². The van der Waals surface area contributed by atoms with E-state index in [0.717, 1.165) is 11.1 Å². The molecule has 0 fully saturated rings. The van der Waals surface area contributed by atoms with Gasteiger partial charge < -0.3 is 16.2 Å². The average Bonchev–Trinajstić information content (AvgIpc) is 2.39. The van der Waals surface area contributed by atoms with Crippen LogP contribution < -0.4 is 16.2 Å². The quantitative estimate of drug-likeness (QED) is 0.624. The smallest absolute Gasteiger partial charge is 0.394 e. The van der Waals surface area contributed by atoms with Crippen LogP contribution in [-0.4, -0.2) is 7.11 Å². The van der Waals surface area contributed by atoms with Gasteiger partial charge in [0.25, 0.3) is 0 Å². The van der Waals surface area contributed by atoms with Crippen LogP contribution in [0.5, 0.6) is 5.75 Å². The SMILES string of the molecule is COc1cc(-c2ccc(N)cc2[N+]#N)ccc1N. The van der Waals surface area contributed by atoms with Crippen LogP contribution in [0.4, 0.5) is 17.1 Å². The first-order valence-electron chi connectivity index (χ1n) is 5.34. The number of ether oxygens (including phenoxy) is 1. The number of anilines is 2. The zero-order chi connectivity index (χ0) is 13.1. The Hall–Kier alpha value is -2.74. The second-order valence-electron chi connectivity index (χ2n) is 3.83. The molecule has 0 unspecified atom stereocenters. The lowest BCUT2D eigenvalue weighted by Gasteiger charge is -2.06. The van der Waals surface area contributed by atoms with Crippen LogP contribution in [-0.2, 0) is 0 Å². The zero-order valence-corrected chi connectivity index (χ0v) is 9.92. The standard InChI is InChI=1S/C13H12N4O/c1-18-13-6-8(2-5-11(13)15)10-4-3-9(14)7-12(10)17-16/h2-7,14-16H,1H3/p+1. The van der Waals surface area contributed by atoms with E-state index in [1.54, 1.807) is 37.4 Å². The normalized spacial score (nSPS) is 9.78. The van der Waals surface area contributed by atoms with E-state index >= 15 is 0 Å². The van der Waals surface area contributed by atoms with Crippen molar-refractivity contribution in [3.05, 3.63) is 41.4 Å². The first-order valence-corrected chi connectivity index (χ1v) is 5.34. The van der Waals surface area contributed by atoms with Gasteiger partial charge in [-0.2, -0.15) is 0 Å². The molecule has 2 aromatic rings. The van der Waals surface area contributed by atoms with Crippen molar-refractivity contribution in [3.8, 4) is 16.9 Å². The fourth-order valence-electron chi connectivity index (χ4n) is 1.75. The molecule has 5 nitrogen and oxygen atoms in total. The molecule has 0 spiro atoms. The van der Waals surface area contributed by atoms with Gasteiger partial charge in [0.1, 0.15) is 5.75 Å². The van der Waals surface area contributed by atoms with E-state index in [1.165, 1.54) is 0 Å². The van der Waals surface area contributed by atoms with Crippen LogP contribution in [0.15, 0.2) is 36.4 Å². The number of rotatable bonds is 2. The number of benzene rings is 2. The molecule has 4 N–H and O–H groups in total. The molecule has 5 heteroatoms. The molecule has 2 aromatic carbocycles. The molecule has 0 bridgehead atoms. The largest absolute Gasteiger partial charge is 0.495 e. The van der Waals surface area contributed by atoms with Gasteiger partial charge in [-0.1, -0.05) is 6.07 Å². The Balaban J connectivity index is 2.59. The molecule has 0 saturated heterocycles. The maximum atomic E-state index is 9.00. The minimum Gasteiger partial charge on any atom is -0.495 e. The Labute approximate surface area is 105 Å². The molecule has 2 rings (SSSR count). The molecule has 0 saturated carbocycles. The number of nitrogen functional groups attached to an aromatic ring is 2. The molecule has 90 valence electrons. The van der Waals surface area contributed by atoms with E-state index in [9.17, 15) is 0 Å². The van der Waals surface area contributed by atoms with E-state index in [-0.39, 0.29) is 0 Å². The molecule has 0 heterocycles. The highest BCUT2D eigenvalue weighted by molar-refractivity contribution is 5.82. The highest BCUT2D eigenvalue weighted by Crippen LogP contribution is 2.35. The fourth-order valence-corrected chi connectivity index (χ4v) is 1.75. The summed E-state index contributed by atoms with van der Waals surface area (Å²) in [4.78, 5) is 3.23. The molecular weight excluding hydrogens is 228 g/mol. The average molecular weight is 241 g/mol. The van der Waals surface area contributed by atoms with Crippen molar-refractivity contribution in [2.75, 3.05) is 18.6 Å². The topological polar surface area (TPSA) is 89.4 Å². The first-order chi connectivity index (χ1) is 8.65. The minimum absolute atomic E-state index is 0.404. The maximum absolute atomic E-state index is 9.00. The Bertz CT molecular complexity index is 631. The van der Waals surface area contributed by atoms with Gasteiger partial charge in [0, 0.05) is 5.69 Å². The summed E-state index contributed by atoms with van der Waals surface area (Å²) < 4.78 is 5.16. The number of methoxy groups -OCH3 is 1. The van der Waals surface area contributed by atoms with E-state index in [4.69, 9.17) is 21.6 Å². The van der Waals surface area contributed by atoms with Crippen LogP contribution in [0, 0.1) is 5.39 Å². The summed E-state index contributed by atoms with van der Waals surface area (Å²) in [5.41, 5.74) is 14.5. The van der Waals surface area contributed by atoms with E-state index in [1.807, 2.05) is 6.07 Å². The third kappa shape index (κ3) is 2.04. The Morgan fingerprint density at radius 3 is 2.56 bits per heavy atom. The van der Waals surface area contributed by atoms with Crippen molar-refractivity contribution in [3.63, 3.8) is 0 Å². The number of hydrogen-bond acceptors (Lipinski definition) is 4. The van der Waals surface area contributed by atoms with Crippen molar-refractivity contribution in [2.45, 2.75) is 0 Å². The number of diazo groups is 1. The molecule has 18 heavy (non-hydrogen) atoms. The van der Waals surface area contributed by atoms with E-state index < -0.39 is 0 Å². The molecule has 0 atom stereocenters. The third-order valence-electron chi connectivity index (χ3n) is 2.67. The van der Waals surface area contributed by atoms with Gasteiger partial charge in [0.2, 0.25) is 5.39 Å².